The molecule has 3 heterocycles. The molecule has 0 atom stereocenters. The number of thiophene rings is 1. The number of nitrogens with zero attached hydrogens (tertiary/aromatic N) is 2. The number of aromatic nitrogens is 2. The zero-order valence-corrected chi connectivity index (χ0v) is 19.2. The molecule has 4 aromatic carbocycles. The van der Waals surface area contributed by atoms with Crippen molar-refractivity contribution in [3.63, 3.8) is 0 Å². The predicted molar refractivity (Wildman–Crippen MR) is 145 cm³/mol. The van der Waals surface area contributed by atoms with Crippen molar-refractivity contribution in [3.8, 4) is 28.2 Å². The minimum Gasteiger partial charge on any atom is -0.293 e. The molecule has 0 spiro atoms. The van der Waals surface area contributed by atoms with E-state index in [4.69, 9.17) is 4.98 Å². The summed E-state index contributed by atoms with van der Waals surface area (Å²) in [4.78, 5) is 5.23. The highest BCUT2D eigenvalue weighted by molar-refractivity contribution is 7.17. The second-order valence-corrected chi connectivity index (χ2v) is 9.43. The van der Waals surface area contributed by atoms with Gasteiger partial charge in [-0.1, -0.05) is 84.9 Å². The number of fused-ring (bicyclic) bond motifs is 5. The average Bonchev–Trinajstić information content (AvgIpc) is 3.52. The van der Waals surface area contributed by atoms with Crippen molar-refractivity contribution in [3.05, 3.63) is 121 Å². The Morgan fingerprint density at radius 3 is 2.12 bits per heavy atom. The Hall–Kier alpha value is -4.21. The highest BCUT2D eigenvalue weighted by Crippen LogP contribution is 2.38. The Kier molecular flexibility index (Phi) is 4.36. The van der Waals surface area contributed by atoms with Crippen LogP contribution in [0.25, 0.3) is 60.1 Å². The van der Waals surface area contributed by atoms with Gasteiger partial charge in [0, 0.05) is 26.4 Å². The minimum absolute atomic E-state index is 0.935. The summed E-state index contributed by atoms with van der Waals surface area (Å²) < 4.78 is 3.64. The lowest BCUT2D eigenvalue weighted by Crippen LogP contribution is -2.00. The van der Waals surface area contributed by atoms with Crippen molar-refractivity contribution in [2.75, 3.05) is 0 Å². The monoisotopic (exact) mass is 452 g/mol. The van der Waals surface area contributed by atoms with Crippen LogP contribution in [0.1, 0.15) is 0 Å². The van der Waals surface area contributed by atoms with Crippen LogP contribution in [0.4, 0.5) is 0 Å². The first kappa shape index (κ1) is 19.3. The number of para-hydroxylation sites is 1. The smallest absolute Gasteiger partial charge is 0.138 e. The first-order valence-electron chi connectivity index (χ1n) is 11.4. The van der Waals surface area contributed by atoms with Gasteiger partial charge in [0.1, 0.15) is 5.82 Å². The van der Waals surface area contributed by atoms with Crippen molar-refractivity contribution >= 4 is 43.2 Å². The molecule has 0 radical (unpaired) electrons. The van der Waals surface area contributed by atoms with Crippen molar-refractivity contribution < 1.29 is 0 Å². The van der Waals surface area contributed by atoms with E-state index in [0.717, 1.165) is 22.6 Å². The number of benzene rings is 4. The van der Waals surface area contributed by atoms with Crippen LogP contribution in [0.2, 0.25) is 0 Å². The maximum absolute atomic E-state index is 5.23. The van der Waals surface area contributed by atoms with Crippen molar-refractivity contribution in [2.45, 2.75) is 0 Å². The number of rotatable bonds is 3. The van der Waals surface area contributed by atoms with Gasteiger partial charge in [0.25, 0.3) is 0 Å². The van der Waals surface area contributed by atoms with Crippen LogP contribution < -0.4 is 0 Å². The lowest BCUT2D eigenvalue weighted by atomic mass is 10.0. The topological polar surface area (TPSA) is 17.8 Å². The molecule has 0 saturated heterocycles. The number of hydrogen-bond acceptors (Lipinski definition) is 2. The van der Waals surface area contributed by atoms with Gasteiger partial charge in [0.15, 0.2) is 0 Å². The van der Waals surface area contributed by atoms with Gasteiger partial charge in [-0.15, -0.1) is 11.3 Å². The van der Waals surface area contributed by atoms with Crippen LogP contribution in [0, 0.1) is 0 Å². The zero-order chi connectivity index (χ0) is 22.5. The van der Waals surface area contributed by atoms with Gasteiger partial charge in [-0.25, -0.2) is 4.98 Å². The van der Waals surface area contributed by atoms with Crippen molar-refractivity contribution in [1.29, 1.82) is 0 Å². The molecule has 7 rings (SSSR count). The normalized spacial score (nSPS) is 11.5. The predicted octanol–water partition coefficient (Wildman–Crippen LogP) is 8.73. The van der Waals surface area contributed by atoms with E-state index in [1.165, 1.54) is 37.5 Å². The minimum atomic E-state index is 0.935. The Labute approximate surface area is 201 Å². The third-order valence-electron chi connectivity index (χ3n) is 6.48. The fourth-order valence-corrected chi connectivity index (χ4v) is 5.72. The van der Waals surface area contributed by atoms with E-state index >= 15 is 0 Å². The Bertz CT molecular complexity index is 1740. The summed E-state index contributed by atoms with van der Waals surface area (Å²) in [5.74, 6) is 0.935. The summed E-state index contributed by atoms with van der Waals surface area (Å²) >= 11 is 1.78. The van der Waals surface area contributed by atoms with Crippen LogP contribution in [-0.4, -0.2) is 9.55 Å². The van der Waals surface area contributed by atoms with E-state index in [0.29, 0.717) is 0 Å². The summed E-state index contributed by atoms with van der Waals surface area (Å²) in [5, 5.41) is 5.95. The molecular weight excluding hydrogens is 432 g/mol. The molecule has 0 saturated carbocycles. The zero-order valence-electron chi connectivity index (χ0n) is 18.3. The molecule has 0 aliphatic rings. The Morgan fingerprint density at radius 2 is 1.29 bits per heavy atom. The van der Waals surface area contributed by atoms with Crippen LogP contribution >= 0.6 is 11.3 Å². The second kappa shape index (κ2) is 7.68. The molecule has 7 aromatic rings. The summed E-state index contributed by atoms with van der Waals surface area (Å²) in [6, 6.07) is 40.8. The van der Waals surface area contributed by atoms with Gasteiger partial charge >= 0.3 is 0 Å². The Balaban J connectivity index is 1.62. The highest BCUT2D eigenvalue weighted by Gasteiger charge is 2.17. The van der Waals surface area contributed by atoms with Gasteiger partial charge in [0.2, 0.25) is 0 Å². The van der Waals surface area contributed by atoms with E-state index < -0.39 is 0 Å². The van der Waals surface area contributed by atoms with E-state index in [2.05, 4.69) is 119 Å². The molecule has 0 aliphatic carbocycles. The molecule has 3 heteroatoms. The number of hydrogen-bond donors (Lipinski definition) is 0. The second-order valence-electron chi connectivity index (χ2n) is 8.48. The fraction of sp³-hybridized carbons (Fsp3) is 0. The summed E-state index contributed by atoms with van der Waals surface area (Å²) in [6.07, 6.45) is 0. The van der Waals surface area contributed by atoms with Gasteiger partial charge in [-0.3, -0.25) is 4.57 Å². The first-order chi connectivity index (χ1) is 16.9. The molecule has 0 N–H and O–H groups in total. The van der Waals surface area contributed by atoms with Crippen LogP contribution in [0.15, 0.2) is 121 Å². The van der Waals surface area contributed by atoms with Gasteiger partial charge < -0.3 is 0 Å². The van der Waals surface area contributed by atoms with Crippen LogP contribution in [-0.2, 0) is 0 Å². The first-order valence-corrected chi connectivity index (χ1v) is 12.3. The molecule has 2 nitrogen and oxygen atoms in total. The van der Waals surface area contributed by atoms with Crippen molar-refractivity contribution in [2.24, 2.45) is 0 Å². The maximum Gasteiger partial charge on any atom is 0.138 e. The van der Waals surface area contributed by atoms with Gasteiger partial charge in [-0.2, -0.15) is 0 Å². The largest absolute Gasteiger partial charge is 0.293 e. The van der Waals surface area contributed by atoms with Gasteiger partial charge in [-0.05, 0) is 46.8 Å². The van der Waals surface area contributed by atoms with Crippen LogP contribution in [0.3, 0.4) is 0 Å². The van der Waals surface area contributed by atoms with Crippen molar-refractivity contribution in [1.82, 2.24) is 9.55 Å². The summed E-state index contributed by atoms with van der Waals surface area (Å²) in [5.41, 5.74) is 6.82. The average molecular weight is 453 g/mol. The molecule has 34 heavy (non-hydrogen) atoms. The fourth-order valence-electron chi connectivity index (χ4n) is 4.93. The van der Waals surface area contributed by atoms with E-state index in [-0.39, 0.29) is 0 Å². The molecule has 0 amide bonds. The molecule has 0 unspecified atom stereocenters. The standard InChI is InChI=1S/C31H20N2S/c1-3-9-21(10-4-1)23-19-27(22-11-5-2-6-12-22)32-30(20-23)33-28-14-8-7-13-24(28)25-15-16-29-26(31(25)33)17-18-34-29/h1-20H. The third kappa shape index (κ3) is 2.98. The molecular formula is C31H20N2S. The van der Waals surface area contributed by atoms with Crippen LogP contribution in [0.5, 0.6) is 0 Å². The lowest BCUT2D eigenvalue weighted by molar-refractivity contribution is 1.09. The quantitative estimate of drug-likeness (QED) is 0.262. The number of pyridine rings is 1. The maximum atomic E-state index is 5.23. The highest BCUT2D eigenvalue weighted by atomic mass is 32.1. The lowest BCUT2D eigenvalue weighted by Gasteiger charge is -2.13. The SMILES string of the molecule is c1ccc(-c2cc(-c3ccccc3)nc(-n3c4ccccc4c4ccc5sccc5c43)c2)cc1. The summed E-state index contributed by atoms with van der Waals surface area (Å²) in [6.45, 7) is 0. The third-order valence-corrected chi connectivity index (χ3v) is 7.37. The van der Waals surface area contributed by atoms with E-state index in [1.54, 1.807) is 11.3 Å². The Morgan fingerprint density at radius 1 is 0.559 bits per heavy atom. The molecule has 3 aromatic heterocycles. The molecule has 0 fully saturated rings. The molecule has 0 bridgehead atoms. The van der Waals surface area contributed by atoms with E-state index in [1.807, 2.05) is 6.07 Å². The molecule has 160 valence electrons. The van der Waals surface area contributed by atoms with E-state index in [9.17, 15) is 0 Å². The van der Waals surface area contributed by atoms with Gasteiger partial charge in [0.05, 0.1) is 16.7 Å². The molecule has 0 aliphatic heterocycles. The summed E-state index contributed by atoms with van der Waals surface area (Å²) in [7, 11) is 0.